The average Bonchev–Trinajstić information content (AvgIpc) is 2.26. The second-order valence-corrected chi connectivity index (χ2v) is 4.60. The second-order valence-electron chi connectivity index (χ2n) is 4.60. The van der Waals surface area contributed by atoms with Crippen LogP contribution in [0.25, 0.3) is 0 Å². The van der Waals surface area contributed by atoms with Gasteiger partial charge in [0.15, 0.2) is 11.6 Å². The van der Waals surface area contributed by atoms with Crippen molar-refractivity contribution < 1.29 is 13.6 Å². The minimum absolute atomic E-state index is 0.0837. The molecule has 0 saturated carbocycles. The van der Waals surface area contributed by atoms with E-state index in [1.165, 1.54) is 0 Å². The Bertz CT molecular complexity index is 442. The molecule has 5 nitrogen and oxygen atoms in total. The topological polar surface area (TPSA) is 70.4 Å². The van der Waals surface area contributed by atoms with Gasteiger partial charge in [0.2, 0.25) is 0 Å². The summed E-state index contributed by atoms with van der Waals surface area (Å²) >= 11 is 0. The third kappa shape index (κ3) is 4.15. The van der Waals surface area contributed by atoms with Crippen LogP contribution in [-0.4, -0.2) is 37.5 Å². The van der Waals surface area contributed by atoms with Crippen LogP contribution in [0.2, 0.25) is 0 Å². The van der Waals surface area contributed by atoms with Gasteiger partial charge in [-0.1, -0.05) is 0 Å². The third-order valence-electron chi connectivity index (χ3n) is 2.47. The molecule has 1 aromatic carbocycles. The number of amides is 1. The molecule has 1 unspecified atom stereocenters. The number of anilines is 1. The molecule has 4 N–H and O–H groups in total. The molecule has 0 spiro atoms. The van der Waals surface area contributed by atoms with Crippen molar-refractivity contribution in [1.82, 2.24) is 10.2 Å². The highest BCUT2D eigenvalue weighted by Gasteiger charge is 2.16. The molecule has 0 heterocycles. The number of hydrazine groups is 1. The van der Waals surface area contributed by atoms with Crippen LogP contribution in [0, 0.1) is 11.6 Å². The highest BCUT2D eigenvalue weighted by Crippen LogP contribution is 2.19. The van der Waals surface area contributed by atoms with Crippen LogP contribution >= 0.6 is 0 Å². The van der Waals surface area contributed by atoms with E-state index in [1.807, 2.05) is 24.4 Å². The van der Waals surface area contributed by atoms with Gasteiger partial charge in [-0.05, 0) is 33.2 Å². The number of hydrogen-bond acceptors (Lipinski definition) is 4. The summed E-state index contributed by atoms with van der Waals surface area (Å²) in [5.41, 5.74) is 1.36. The molecule has 0 fully saturated rings. The van der Waals surface area contributed by atoms with E-state index in [9.17, 15) is 13.6 Å². The molecule has 19 heavy (non-hydrogen) atoms. The maximum absolute atomic E-state index is 13.4. The van der Waals surface area contributed by atoms with Crippen LogP contribution in [0.3, 0.4) is 0 Å². The summed E-state index contributed by atoms with van der Waals surface area (Å²) in [5, 5.41) is 2.65. The Kier molecular flexibility index (Phi) is 5.20. The number of hydrogen-bond donors (Lipinski definition) is 3. The first-order valence-electron chi connectivity index (χ1n) is 5.76. The summed E-state index contributed by atoms with van der Waals surface area (Å²) in [4.78, 5) is 13.7. The number of carbonyl (C=O) groups excluding carboxylic acids is 1. The largest absolute Gasteiger partial charge is 0.348 e. The lowest BCUT2D eigenvalue weighted by Crippen LogP contribution is -2.39. The van der Waals surface area contributed by atoms with Crippen LogP contribution in [0.5, 0.6) is 0 Å². The van der Waals surface area contributed by atoms with Crippen LogP contribution in [0.15, 0.2) is 12.1 Å². The standard InChI is InChI=1S/C12H18F2N4O/c1-7(6-18(2)3)16-12(19)8-4-9(13)11(17-15)10(14)5-8/h4-5,7,17H,6,15H2,1-3H3,(H,16,19). The van der Waals surface area contributed by atoms with Crippen LogP contribution in [0.1, 0.15) is 17.3 Å². The number of nitrogens with one attached hydrogen (secondary N) is 2. The number of rotatable bonds is 5. The van der Waals surface area contributed by atoms with Crippen molar-refractivity contribution >= 4 is 11.6 Å². The molecular weight excluding hydrogens is 254 g/mol. The maximum atomic E-state index is 13.4. The molecule has 0 saturated heterocycles. The van der Waals surface area contributed by atoms with E-state index in [-0.39, 0.29) is 11.6 Å². The number of nitrogens with two attached hydrogens (primary N) is 1. The van der Waals surface area contributed by atoms with E-state index in [1.54, 1.807) is 6.92 Å². The Labute approximate surface area is 110 Å². The quantitative estimate of drug-likeness (QED) is 0.551. The molecule has 0 aliphatic rings. The van der Waals surface area contributed by atoms with Gasteiger partial charge >= 0.3 is 0 Å². The molecule has 1 atom stereocenters. The predicted octanol–water partition coefficient (Wildman–Crippen LogP) is 0.930. The Hall–Kier alpha value is -1.73. The fraction of sp³-hybridized carbons (Fsp3) is 0.417. The second kappa shape index (κ2) is 6.44. The molecule has 0 aliphatic heterocycles. The first kappa shape index (κ1) is 15.3. The van der Waals surface area contributed by atoms with Crippen molar-refractivity contribution in [2.24, 2.45) is 5.84 Å². The lowest BCUT2D eigenvalue weighted by atomic mass is 10.1. The number of likely N-dealkylation sites (N-methyl/N-ethyl adjacent to an activating group) is 1. The SMILES string of the molecule is CC(CN(C)C)NC(=O)c1cc(F)c(NN)c(F)c1. The van der Waals surface area contributed by atoms with Crippen LogP contribution in [-0.2, 0) is 0 Å². The zero-order valence-electron chi connectivity index (χ0n) is 11.1. The maximum Gasteiger partial charge on any atom is 0.251 e. The van der Waals surface area contributed by atoms with E-state index in [0.29, 0.717) is 6.54 Å². The van der Waals surface area contributed by atoms with E-state index < -0.39 is 23.2 Å². The molecule has 1 rings (SSSR count). The summed E-state index contributed by atoms with van der Waals surface area (Å²) < 4.78 is 26.9. The Morgan fingerprint density at radius 3 is 2.32 bits per heavy atom. The molecule has 0 aromatic heterocycles. The van der Waals surface area contributed by atoms with Crippen molar-refractivity contribution in [1.29, 1.82) is 0 Å². The van der Waals surface area contributed by atoms with Gasteiger partial charge in [0.25, 0.3) is 5.91 Å². The van der Waals surface area contributed by atoms with E-state index >= 15 is 0 Å². The van der Waals surface area contributed by atoms with Gasteiger partial charge in [0.05, 0.1) is 0 Å². The summed E-state index contributed by atoms with van der Waals surface area (Å²) in [6, 6.07) is 1.74. The zero-order valence-corrected chi connectivity index (χ0v) is 11.1. The minimum atomic E-state index is -0.909. The van der Waals surface area contributed by atoms with Gasteiger partial charge in [0.1, 0.15) is 5.69 Å². The van der Waals surface area contributed by atoms with E-state index in [0.717, 1.165) is 12.1 Å². The predicted molar refractivity (Wildman–Crippen MR) is 69.7 cm³/mol. The van der Waals surface area contributed by atoms with Gasteiger partial charge in [-0.15, -0.1) is 0 Å². The van der Waals surface area contributed by atoms with Gasteiger partial charge in [-0.2, -0.15) is 0 Å². The normalized spacial score (nSPS) is 12.4. The van der Waals surface area contributed by atoms with E-state index in [2.05, 4.69) is 5.32 Å². The third-order valence-corrected chi connectivity index (χ3v) is 2.47. The summed E-state index contributed by atoms with van der Waals surface area (Å²) in [5.74, 6) is 2.63. The summed E-state index contributed by atoms with van der Waals surface area (Å²) in [7, 11) is 3.73. The number of nitrogens with zero attached hydrogens (tertiary/aromatic N) is 1. The average molecular weight is 272 g/mol. The summed E-state index contributed by atoms with van der Waals surface area (Å²) in [6.07, 6.45) is 0. The number of benzene rings is 1. The molecule has 0 aliphatic carbocycles. The minimum Gasteiger partial charge on any atom is -0.348 e. The number of nitrogen functional groups attached to an aromatic ring is 1. The lowest BCUT2D eigenvalue weighted by Gasteiger charge is -2.18. The molecule has 106 valence electrons. The molecule has 7 heteroatoms. The molecule has 1 amide bonds. The number of carbonyl (C=O) groups is 1. The van der Waals surface area contributed by atoms with Gasteiger partial charge < -0.3 is 15.6 Å². The van der Waals surface area contributed by atoms with Crippen LogP contribution in [0.4, 0.5) is 14.5 Å². The first-order chi connectivity index (χ1) is 8.85. The van der Waals surface area contributed by atoms with Crippen molar-refractivity contribution in [2.45, 2.75) is 13.0 Å². The Morgan fingerprint density at radius 1 is 1.37 bits per heavy atom. The van der Waals surface area contributed by atoms with Crippen molar-refractivity contribution in [2.75, 3.05) is 26.1 Å². The highest BCUT2D eigenvalue weighted by atomic mass is 19.1. The number of halogens is 2. The molecule has 1 aromatic rings. The van der Waals surface area contributed by atoms with Crippen molar-refractivity contribution in [3.63, 3.8) is 0 Å². The molecule has 0 radical (unpaired) electrons. The van der Waals surface area contributed by atoms with E-state index in [4.69, 9.17) is 5.84 Å². The molecule has 0 bridgehead atoms. The molecular formula is C12H18F2N4O. The first-order valence-corrected chi connectivity index (χ1v) is 5.76. The lowest BCUT2D eigenvalue weighted by molar-refractivity contribution is 0.0933. The van der Waals surface area contributed by atoms with Crippen molar-refractivity contribution in [3.8, 4) is 0 Å². The zero-order chi connectivity index (χ0) is 14.6. The highest BCUT2D eigenvalue weighted by molar-refractivity contribution is 5.94. The van der Waals surface area contributed by atoms with Gasteiger partial charge in [-0.25, -0.2) is 8.78 Å². The fourth-order valence-electron chi connectivity index (χ4n) is 1.74. The fourth-order valence-corrected chi connectivity index (χ4v) is 1.74. The Morgan fingerprint density at radius 2 is 1.89 bits per heavy atom. The smallest absolute Gasteiger partial charge is 0.251 e. The van der Waals surface area contributed by atoms with Gasteiger partial charge in [0, 0.05) is 18.2 Å². The summed E-state index contributed by atoms with van der Waals surface area (Å²) in [6.45, 7) is 2.43. The van der Waals surface area contributed by atoms with Crippen LogP contribution < -0.4 is 16.6 Å². The van der Waals surface area contributed by atoms with Gasteiger partial charge in [-0.3, -0.25) is 10.6 Å². The van der Waals surface area contributed by atoms with Crippen molar-refractivity contribution in [3.05, 3.63) is 29.3 Å². The monoisotopic (exact) mass is 272 g/mol. The Balaban J connectivity index is 2.83.